The fourth-order valence-corrected chi connectivity index (χ4v) is 3.87. The average molecular weight is 429 g/mol. The predicted molar refractivity (Wildman–Crippen MR) is 107 cm³/mol. The van der Waals surface area contributed by atoms with Crippen LogP contribution in [0.4, 0.5) is 0 Å². The van der Waals surface area contributed by atoms with Crippen LogP contribution in [-0.4, -0.2) is 66.4 Å². The lowest BCUT2D eigenvalue weighted by atomic mass is 9.99. The van der Waals surface area contributed by atoms with E-state index in [-0.39, 0.29) is 13.2 Å². The molecule has 2 rings (SSSR count). The molecule has 162 valence electrons. The molecule has 29 heavy (non-hydrogen) atoms. The van der Waals surface area contributed by atoms with Crippen LogP contribution in [0.5, 0.6) is 5.75 Å². The molecular formula is C20H28O8S. The fourth-order valence-electron chi connectivity index (χ4n) is 2.97. The van der Waals surface area contributed by atoms with Gasteiger partial charge in [-0.1, -0.05) is 19.1 Å². The van der Waals surface area contributed by atoms with E-state index < -0.39 is 41.8 Å². The van der Waals surface area contributed by atoms with Crippen molar-refractivity contribution in [2.24, 2.45) is 0 Å². The van der Waals surface area contributed by atoms with E-state index in [0.717, 1.165) is 11.3 Å². The minimum Gasteiger partial charge on any atom is -0.497 e. The van der Waals surface area contributed by atoms with Gasteiger partial charge in [-0.25, -0.2) is 0 Å². The molecule has 0 aliphatic carbocycles. The SMILES string of the molecule is CCS[C@H]1O[C@H](COC(C)=O)[C@@H](OC(C)=O)[C@H](OCc2ccc(OC)cc2)[C@@H]1O. The number of rotatable bonds is 9. The predicted octanol–water partition coefficient (Wildman–Crippen LogP) is 1.91. The molecule has 1 aromatic rings. The van der Waals surface area contributed by atoms with Crippen LogP contribution in [0, 0.1) is 0 Å². The van der Waals surface area contributed by atoms with Crippen LogP contribution in [-0.2, 0) is 35.1 Å². The van der Waals surface area contributed by atoms with Gasteiger partial charge in [0.2, 0.25) is 0 Å². The van der Waals surface area contributed by atoms with Gasteiger partial charge in [0, 0.05) is 13.8 Å². The second-order valence-electron chi connectivity index (χ2n) is 6.49. The van der Waals surface area contributed by atoms with E-state index in [1.54, 1.807) is 7.11 Å². The van der Waals surface area contributed by atoms with Gasteiger partial charge in [-0.2, -0.15) is 0 Å². The van der Waals surface area contributed by atoms with Gasteiger partial charge in [0.25, 0.3) is 0 Å². The zero-order chi connectivity index (χ0) is 21.4. The highest BCUT2D eigenvalue weighted by atomic mass is 32.2. The summed E-state index contributed by atoms with van der Waals surface area (Å²) in [5, 5.41) is 10.8. The van der Waals surface area contributed by atoms with Gasteiger partial charge in [0.1, 0.15) is 36.1 Å². The van der Waals surface area contributed by atoms with Crippen LogP contribution < -0.4 is 4.74 Å². The van der Waals surface area contributed by atoms with Crippen molar-refractivity contribution in [1.82, 2.24) is 0 Å². The molecule has 1 saturated heterocycles. The maximum absolute atomic E-state index is 11.7. The molecule has 0 aromatic heterocycles. The summed E-state index contributed by atoms with van der Waals surface area (Å²) in [7, 11) is 1.59. The van der Waals surface area contributed by atoms with Gasteiger partial charge in [-0.15, -0.1) is 11.8 Å². The van der Waals surface area contributed by atoms with Crippen molar-refractivity contribution in [3.63, 3.8) is 0 Å². The van der Waals surface area contributed by atoms with Crippen LogP contribution in [0.1, 0.15) is 26.3 Å². The van der Waals surface area contributed by atoms with E-state index in [2.05, 4.69) is 0 Å². The maximum atomic E-state index is 11.7. The van der Waals surface area contributed by atoms with E-state index in [0.29, 0.717) is 5.75 Å². The first-order valence-electron chi connectivity index (χ1n) is 9.36. The minimum absolute atomic E-state index is 0.108. The van der Waals surface area contributed by atoms with Crippen molar-refractivity contribution in [2.45, 2.75) is 57.2 Å². The van der Waals surface area contributed by atoms with E-state index in [9.17, 15) is 14.7 Å². The van der Waals surface area contributed by atoms with Crippen molar-refractivity contribution >= 4 is 23.7 Å². The summed E-state index contributed by atoms with van der Waals surface area (Å²) < 4.78 is 27.5. The Hall–Kier alpha value is -1.81. The Morgan fingerprint density at radius 1 is 1.14 bits per heavy atom. The molecule has 1 fully saturated rings. The van der Waals surface area contributed by atoms with Crippen molar-refractivity contribution in [1.29, 1.82) is 0 Å². The first-order valence-corrected chi connectivity index (χ1v) is 10.4. The maximum Gasteiger partial charge on any atom is 0.303 e. The summed E-state index contributed by atoms with van der Waals surface area (Å²) in [6.07, 6.45) is -3.56. The molecule has 0 saturated carbocycles. The molecule has 1 aliphatic heterocycles. The van der Waals surface area contributed by atoms with Crippen molar-refractivity contribution in [3.8, 4) is 5.75 Å². The number of aliphatic hydroxyl groups excluding tert-OH is 1. The summed E-state index contributed by atoms with van der Waals surface area (Å²) >= 11 is 1.40. The Labute approximate surface area is 174 Å². The van der Waals surface area contributed by atoms with Gasteiger partial charge in [0.05, 0.1) is 13.7 Å². The number of carbonyl (C=O) groups excluding carboxylic acids is 2. The normalized spacial score (nSPS) is 26.6. The van der Waals surface area contributed by atoms with Gasteiger partial charge in [0.15, 0.2) is 6.10 Å². The monoisotopic (exact) mass is 428 g/mol. The third-order valence-corrected chi connectivity index (χ3v) is 5.35. The lowest BCUT2D eigenvalue weighted by molar-refractivity contribution is -0.235. The molecule has 9 heteroatoms. The molecule has 1 heterocycles. The Morgan fingerprint density at radius 3 is 2.38 bits per heavy atom. The van der Waals surface area contributed by atoms with Crippen molar-refractivity contribution in [2.75, 3.05) is 19.5 Å². The molecule has 5 atom stereocenters. The van der Waals surface area contributed by atoms with Gasteiger partial charge in [-0.3, -0.25) is 9.59 Å². The zero-order valence-corrected chi connectivity index (χ0v) is 17.8. The number of esters is 2. The molecule has 1 N–H and O–H groups in total. The number of benzene rings is 1. The molecule has 1 aliphatic rings. The largest absolute Gasteiger partial charge is 0.497 e. The highest BCUT2D eigenvalue weighted by Gasteiger charge is 2.48. The zero-order valence-electron chi connectivity index (χ0n) is 17.0. The first kappa shape index (κ1) is 23.5. The number of methoxy groups -OCH3 is 1. The number of thioether (sulfide) groups is 1. The summed E-state index contributed by atoms with van der Waals surface area (Å²) in [5.41, 5.74) is 0.260. The molecule has 0 bridgehead atoms. The van der Waals surface area contributed by atoms with Crippen molar-refractivity contribution < 1.29 is 38.4 Å². The number of aliphatic hydroxyl groups is 1. The highest BCUT2D eigenvalue weighted by Crippen LogP contribution is 2.32. The van der Waals surface area contributed by atoms with E-state index in [1.807, 2.05) is 31.2 Å². The number of carbonyl (C=O) groups is 2. The average Bonchev–Trinajstić information content (AvgIpc) is 2.68. The van der Waals surface area contributed by atoms with E-state index in [1.165, 1.54) is 25.6 Å². The molecule has 0 spiro atoms. The third-order valence-electron chi connectivity index (χ3n) is 4.30. The van der Waals surface area contributed by atoms with Crippen LogP contribution >= 0.6 is 11.8 Å². The number of hydrogen-bond donors (Lipinski definition) is 1. The van der Waals surface area contributed by atoms with Crippen LogP contribution in [0.3, 0.4) is 0 Å². The van der Waals surface area contributed by atoms with Crippen molar-refractivity contribution in [3.05, 3.63) is 29.8 Å². The van der Waals surface area contributed by atoms with Gasteiger partial charge in [-0.05, 0) is 23.4 Å². The van der Waals surface area contributed by atoms with E-state index >= 15 is 0 Å². The van der Waals surface area contributed by atoms with E-state index in [4.69, 9.17) is 23.7 Å². The highest BCUT2D eigenvalue weighted by molar-refractivity contribution is 7.99. The van der Waals surface area contributed by atoms with Gasteiger partial charge >= 0.3 is 11.9 Å². The molecule has 0 radical (unpaired) electrons. The summed E-state index contributed by atoms with van der Waals surface area (Å²) in [6, 6.07) is 7.31. The second-order valence-corrected chi connectivity index (χ2v) is 7.86. The number of hydrogen-bond acceptors (Lipinski definition) is 9. The second kappa shape index (κ2) is 11.4. The Kier molecular flexibility index (Phi) is 9.22. The molecule has 8 nitrogen and oxygen atoms in total. The first-order chi connectivity index (χ1) is 13.8. The van der Waals surface area contributed by atoms with Crippen LogP contribution in [0.2, 0.25) is 0 Å². The topological polar surface area (TPSA) is 101 Å². The summed E-state index contributed by atoms with van der Waals surface area (Å²) in [5.74, 6) is 0.402. The quantitative estimate of drug-likeness (QED) is 0.591. The van der Waals surface area contributed by atoms with Crippen LogP contribution in [0.25, 0.3) is 0 Å². The summed E-state index contributed by atoms with van der Waals surface area (Å²) in [6.45, 7) is 4.57. The molecule has 0 amide bonds. The third kappa shape index (κ3) is 6.88. The Bertz CT molecular complexity index is 665. The van der Waals surface area contributed by atoms with Crippen LogP contribution in [0.15, 0.2) is 24.3 Å². The lowest BCUT2D eigenvalue weighted by Gasteiger charge is -2.43. The lowest BCUT2D eigenvalue weighted by Crippen LogP contribution is -2.60. The molecule has 0 unspecified atom stereocenters. The fraction of sp³-hybridized carbons (Fsp3) is 0.600. The van der Waals surface area contributed by atoms with Gasteiger partial charge < -0.3 is 28.8 Å². The Morgan fingerprint density at radius 2 is 1.83 bits per heavy atom. The number of ether oxygens (including phenoxy) is 5. The minimum atomic E-state index is -1.03. The molecule has 1 aromatic carbocycles. The standard InChI is InChI=1S/C20H28O8S/c1-5-29-20-17(23)19(26-10-14-6-8-15(24-4)9-7-14)18(27-13(3)22)16(28-20)11-25-12(2)21/h6-9,16-20,23H,5,10-11H2,1-4H3/t16-,17+,18-,19-,20-/m1/s1. The molecular weight excluding hydrogens is 400 g/mol. The summed E-state index contributed by atoms with van der Waals surface area (Å²) in [4.78, 5) is 22.9. The smallest absolute Gasteiger partial charge is 0.303 e. The Balaban J connectivity index is 2.19.